The molecule has 5 rings (SSSR count). The van der Waals surface area contributed by atoms with Crippen molar-refractivity contribution in [1.82, 2.24) is 25.0 Å². The lowest BCUT2D eigenvalue weighted by atomic mass is 10.1. The Morgan fingerprint density at radius 1 is 1.08 bits per heavy atom. The number of ether oxygens (including phenoxy) is 3. The van der Waals surface area contributed by atoms with Gasteiger partial charge in [-0.3, -0.25) is 9.89 Å². The van der Waals surface area contributed by atoms with Crippen LogP contribution >= 0.6 is 11.3 Å². The number of rotatable bonds is 8. The van der Waals surface area contributed by atoms with Crippen LogP contribution in [0.25, 0.3) is 27.8 Å². The summed E-state index contributed by atoms with van der Waals surface area (Å²) in [6.45, 7) is 1.84. The predicted molar refractivity (Wildman–Crippen MR) is 133 cm³/mol. The zero-order chi connectivity index (χ0) is 25.2. The summed E-state index contributed by atoms with van der Waals surface area (Å²) in [4.78, 5) is 17.7. The maximum absolute atomic E-state index is 13.1. The number of hydrogen-bond acceptors (Lipinski definition) is 9. The van der Waals surface area contributed by atoms with Crippen LogP contribution in [0.4, 0.5) is 5.82 Å². The van der Waals surface area contributed by atoms with Gasteiger partial charge in [-0.1, -0.05) is 0 Å². The fourth-order valence-corrected chi connectivity index (χ4v) is 4.41. The molecule has 1 aromatic carbocycles. The van der Waals surface area contributed by atoms with Crippen LogP contribution in [0.1, 0.15) is 16.2 Å². The van der Waals surface area contributed by atoms with Gasteiger partial charge in [-0.05, 0) is 37.3 Å². The summed E-state index contributed by atoms with van der Waals surface area (Å²) in [6.07, 6.45) is 1.59. The lowest BCUT2D eigenvalue weighted by molar-refractivity contribution is 0.102. The van der Waals surface area contributed by atoms with Gasteiger partial charge in [-0.25, -0.2) is 4.98 Å². The summed E-state index contributed by atoms with van der Waals surface area (Å²) in [5.74, 6) is 2.18. The van der Waals surface area contributed by atoms with Crippen LogP contribution in [-0.2, 0) is 0 Å². The van der Waals surface area contributed by atoms with Crippen molar-refractivity contribution in [3.8, 4) is 45.1 Å². The predicted octanol–water partition coefficient (Wildman–Crippen LogP) is 4.57. The number of furan rings is 1. The number of aromatic amines is 1. The molecule has 11 nitrogen and oxygen atoms in total. The van der Waals surface area contributed by atoms with Crippen LogP contribution in [0.3, 0.4) is 0 Å². The van der Waals surface area contributed by atoms with E-state index < -0.39 is 0 Å². The molecule has 0 fully saturated rings. The van der Waals surface area contributed by atoms with Crippen molar-refractivity contribution < 1.29 is 23.4 Å². The van der Waals surface area contributed by atoms with Gasteiger partial charge in [0.15, 0.2) is 17.3 Å². The molecule has 5 aromatic rings. The number of hydrogen-bond donors (Lipinski definition) is 2. The second-order valence-electron chi connectivity index (χ2n) is 7.61. The first kappa shape index (κ1) is 23.2. The molecule has 0 aliphatic heterocycles. The lowest BCUT2D eigenvalue weighted by Gasteiger charge is -2.13. The van der Waals surface area contributed by atoms with E-state index in [9.17, 15) is 4.79 Å². The highest BCUT2D eigenvalue weighted by Crippen LogP contribution is 2.41. The van der Waals surface area contributed by atoms with Crippen molar-refractivity contribution in [3.05, 3.63) is 59.4 Å². The Kier molecular flexibility index (Phi) is 6.17. The smallest absolute Gasteiger partial charge is 0.274 e. The van der Waals surface area contributed by atoms with Crippen LogP contribution in [0.5, 0.6) is 17.2 Å². The van der Waals surface area contributed by atoms with Gasteiger partial charge in [-0.15, -0.1) is 11.3 Å². The zero-order valence-electron chi connectivity index (χ0n) is 19.9. The van der Waals surface area contributed by atoms with Gasteiger partial charge in [0.05, 0.1) is 39.0 Å². The maximum atomic E-state index is 13.1. The monoisotopic (exact) mass is 506 g/mol. The third-order valence-corrected chi connectivity index (χ3v) is 6.12. The van der Waals surface area contributed by atoms with E-state index in [1.54, 1.807) is 41.3 Å². The number of anilines is 1. The Bertz CT molecular complexity index is 1490. The van der Waals surface area contributed by atoms with Crippen LogP contribution in [-0.4, -0.2) is 52.2 Å². The number of H-pyrrole nitrogens is 1. The number of aryl methyl sites for hydroxylation is 1. The summed E-state index contributed by atoms with van der Waals surface area (Å²) in [6, 6.07) is 10.6. The van der Waals surface area contributed by atoms with Crippen LogP contribution in [0.2, 0.25) is 0 Å². The molecule has 36 heavy (non-hydrogen) atoms. The minimum atomic E-state index is -0.384. The molecular formula is C24H22N6O5S. The van der Waals surface area contributed by atoms with Crippen molar-refractivity contribution in [3.63, 3.8) is 0 Å². The quantitative estimate of drug-likeness (QED) is 0.313. The van der Waals surface area contributed by atoms with Gasteiger partial charge in [0, 0.05) is 17.0 Å². The number of nitrogens with one attached hydrogen (secondary N) is 2. The number of amides is 1. The topological polar surface area (TPSA) is 129 Å². The number of carbonyl (C=O) groups excluding carboxylic acids is 1. The number of thiazole rings is 1. The third kappa shape index (κ3) is 4.29. The first-order valence-corrected chi connectivity index (χ1v) is 11.6. The van der Waals surface area contributed by atoms with Crippen LogP contribution < -0.4 is 19.5 Å². The van der Waals surface area contributed by atoms with E-state index in [0.29, 0.717) is 50.9 Å². The standard InChI is InChI=1S/C24H22N6O5S/c1-13-8-21(30(29-13)24-25-17(12-36-24)18-6-5-7-35-18)26-23(31)16-11-15(27-28-16)14-9-19(32-2)22(34-4)20(10-14)33-3/h5-12H,1-4H3,(H,26,31)(H,27,28). The molecule has 1 amide bonds. The van der Waals surface area contributed by atoms with Crippen molar-refractivity contribution in [1.29, 1.82) is 0 Å². The Morgan fingerprint density at radius 2 is 1.86 bits per heavy atom. The minimum Gasteiger partial charge on any atom is -0.493 e. The number of aromatic nitrogens is 5. The van der Waals surface area contributed by atoms with E-state index in [2.05, 4.69) is 25.6 Å². The SMILES string of the molecule is COc1cc(-c2cc(C(=O)Nc3cc(C)nn3-c3nc(-c4ccco4)cs3)[nH]n2)cc(OC)c1OC. The average Bonchev–Trinajstić information content (AvgIpc) is 3.69. The highest BCUT2D eigenvalue weighted by atomic mass is 32.1. The van der Waals surface area contributed by atoms with E-state index >= 15 is 0 Å². The molecule has 0 spiro atoms. The van der Waals surface area contributed by atoms with Crippen LogP contribution in [0, 0.1) is 6.92 Å². The molecule has 2 N–H and O–H groups in total. The average molecular weight is 507 g/mol. The zero-order valence-corrected chi connectivity index (χ0v) is 20.7. The molecule has 0 bridgehead atoms. The molecule has 4 aromatic heterocycles. The summed E-state index contributed by atoms with van der Waals surface area (Å²) < 4.78 is 23.2. The summed E-state index contributed by atoms with van der Waals surface area (Å²) >= 11 is 1.39. The molecule has 0 saturated carbocycles. The number of nitrogens with zero attached hydrogens (tertiary/aromatic N) is 4. The van der Waals surface area contributed by atoms with Gasteiger partial charge < -0.3 is 23.9 Å². The van der Waals surface area contributed by atoms with Crippen molar-refractivity contribution in [2.75, 3.05) is 26.6 Å². The normalized spacial score (nSPS) is 10.9. The van der Waals surface area contributed by atoms with Gasteiger partial charge in [0.1, 0.15) is 17.2 Å². The number of carbonyl (C=O) groups is 1. The molecule has 184 valence electrons. The van der Waals surface area contributed by atoms with Crippen molar-refractivity contribution in [2.45, 2.75) is 6.92 Å². The summed E-state index contributed by atoms with van der Waals surface area (Å²) in [5.41, 5.74) is 2.90. The van der Waals surface area contributed by atoms with E-state index in [4.69, 9.17) is 18.6 Å². The molecule has 0 aliphatic carbocycles. The van der Waals surface area contributed by atoms with Crippen molar-refractivity contribution in [2.24, 2.45) is 0 Å². The molecule has 0 atom stereocenters. The van der Waals surface area contributed by atoms with Gasteiger partial charge in [0.2, 0.25) is 10.9 Å². The highest BCUT2D eigenvalue weighted by Gasteiger charge is 2.19. The largest absolute Gasteiger partial charge is 0.493 e. The van der Waals surface area contributed by atoms with Gasteiger partial charge >= 0.3 is 0 Å². The second-order valence-corrected chi connectivity index (χ2v) is 8.45. The molecule has 4 heterocycles. The van der Waals surface area contributed by atoms with E-state index in [0.717, 1.165) is 5.69 Å². The summed E-state index contributed by atoms with van der Waals surface area (Å²) in [7, 11) is 4.61. The van der Waals surface area contributed by atoms with Gasteiger partial charge in [0.25, 0.3) is 5.91 Å². The molecule has 0 aliphatic rings. The van der Waals surface area contributed by atoms with E-state index in [1.165, 1.54) is 32.7 Å². The first-order valence-electron chi connectivity index (χ1n) is 10.7. The Hall–Kier alpha value is -4.58. The fraction of sp³-hybridized carbons (Fsp3) is 0.167. The maximum Gasteiger partial charge on any atom is 0.274 e. The van der Waals surface area contributed by atoms with E-state index in [-0.39, 0.29) is 11.6 Å². The number of benzene rings is 1. The molecule has 0 unspecified atom stereocenters. The highest BCUT2D eigenvalue weighted by molar-refractivity contribution is 7.12. The minimum absolute atomic E-state index is 0.263. The Balaban J connectivity index is 1.40. The fourth-order valence-electron chi connectivity index (χ4n) is 3.63. The molecule has 12 heteroatoms. The molecule has 0 radical (unpaired) electrons. The van der Waals surface area contributed by atoms with Gasteiger partial charge in [-0.2, -0.15) is 14.9 Å². The Morgan fingerprint density at radius 3 is 2.53 bits per heavy atom. The Labute approximate surface area is 209 Å². The summed E-state index contributed by atoms with van der Waals surface area (Å²) in [5, 5.41) is 16.9. The first-order chi connectivity index (χ1) is 17.5. The number of methoxy groups -OCH3 is 3. The third-order valence-electron chi connectivity index (χ3n) is 5.30. The molecular weight excluding hydrogens is 484 g/mol. The van der Waals surface area contributed by atoms with Crippen LogP contribution in [0.15, 0.2) is 52.5 Å². The van der Waals surface area contributed by atoms with Crippen molar-refractivity contribution >= 4 is 23.1 Å². The van der Waals surface area contributed by atoms with E-state index in [1.807, 2.05) is 18.4 Å². The molecule has 0 saturated heterocycles. The lowest BCUT2D eigenvalue weighted by Crippen LogP contribution is -2.15. The second kappa shape index (κ2) is 9.58.